The van der Waals surface area contributed by atoms with Crippen molar-refractivity contribution in [3.63, 3.8) is 0 Å². The summed E-state index contributed by atoms with van der Waals surface area (Å²) in [4.78, 5) is 27.8. The van der Waals surface area contributed by atoms with Gasteiger partial charge in [0.25, 0.3) is 0 Å². The second-order valence-corrected chi connectivity index (χ2v) is 9.98. The number of nitrogens with one attached hydrogen (secondary N) is 1. The van der Waals surface area contributed by atoms with E-state index in [1.165, 1.54) is 0 Å². The first-order chi connectivity index (χ1) is 17.2. The fourth-order valence-corrected chi connectivity index (χ4v) is 3.81. The van der Waals surface area contributed by atoms with Crippen LogP contribution in [0, 0.1) is 0 Å². The first kappa shape index (κ1) is 27.0. The van der Waals surface area contributed by atoms with Crippen LogP contribution in [0.15, 0.2) is 60.7 Å². The minimum Gasteiger partial charge on any atom is -0.497 e. The summed E-state index contributed by atoms with van der Waals surface area (Å²) in [5.74, 6) is 1.06. The zero-order valence-electron chi connectivity index (χ0n) is 22.1. The molecule has 0 fully saturated rings. The number of hydrogen-bond acceptors (Lipinski definition) is 4. The Morgan fingerprint density at radius 3 is 2.36 bits per heavy atom. The lowest BCUT2D eigenvalue weighted by Gasteiger charge is -2.22. The highest BCUT2D eigenvalue weighted by Crippen LogP contribution is 2.27. The molecule has 2 amide bonds. The number of aromatic nitrogens is 2. The fourth-order valence-electron chi connectivity index (χ4n) is 3.81. The van der Waals surface area contributed by atoms with Gasteiger partial charge in [-0.05, 0) is 42.7 Å². The third-order valence-corrected chi connectivity index (χ3v) is 6.00. The number of carbonyl (C=O) groups is 2. The maximum Gasteiger partial charge on any atom is 0.245 e. The largest absolute Gasteiger partial charge is 0.497 e. The molecule has 0 aliphatic heterocycles. The molecule has 0 saturated carbocycles. The molecule has 0 saturated heterocycles. The van der Waals surface area contributed by atoms with Gasteiger partial charge in [-0.1, -0.05) is 64.4 Å². The number of aryl methyl sites for hydroxylation is 1. The van der Waals surface area contributed by atoms with Gasteiger partial charge in [-0.2, -0.15) is 5.10 Å². The first-order valence-electron chi connectivity index (χ1n) is 12.6. The second kappa shape index (κ2) is 12.4. The lowest BCUT2D eigenvalue weighted by molar-refractivity contribution is -0.134. The Balaban J connectivity index is 1.76. The molecule has 7 nitrogen and oxygen atoms in total. The number of anilines is 1. The van der Waals surface area contributed by atoms with E-state index in [0.717, 1.165) is 35.5 Å². The van der Waals surface area contributed by atoms with Crippen LogP contribution in [0.2, 0.25) is 0 Å². The molecule has 36 heavy (non-hydrogen) atoms. The Morgan fingerprint density at radius 1 is 1.06 bits per heavy atom. The maximum absolute atomic E-state index is 13.1. The number of benzene rings is 2. The van der Waals surface area contributed by atoms with Gasteiger partial charge in [0.15, 0.2) is 0 Å². The van der Waals surface area contributed by atoms with Crippen LogP contribution in [0.25, 0.3) is 5.69 Å². The number of amides is 2. The molecule has 0 aliphatic carbocycles. The van der Waals surface area contributed by atoms with E-state index in [1.807, 2.05) is 60.7 Å². The van der Waals surface area contributed by atoms with E-state index in [9.17, 15) is 9.59 Å². The molecule has 1 aromatic heterocycles. The van der Waals surface area contributed by atoms with Gasteiger partial charge < -0.3 is 15.0 Å². The van der Waals surface area contributed by atoms with Crippen LogP contribution >= 0.6 is 0 Å². The average molecular weight is 491 g/mol. The molecule has 3 aromatic rings. The van der Waals surface area contributed by atoms with Crippen molar-refractivity contribution in [2.75, 3.05) is 25.5 Å². The summed E-state index contributed by atoms with van der Waals surface area (Å²) in [6.07, 6.45) is 2.83. The van der Waals surface area contributed by atoms with Gasteiger partial charge in [0, 0.05) is 24.4 Å². The number of methoxy groups -OCH3 is 1. The Bertz CT molecular complexity index is 1130. The van der Waals surface area contributed by atoms with E-state index in [0.29, 0.717) is 25.2 Å². The number of carbonyl (C=O) groups excluding carboxylic acids is 2. The van der Waals surface area contributed by atoms with Crippen molar-refractivity contribution in [3.8, 4) is 11.4 Å². The molecule has 7 heteroatoms. The SMILES string of the molecule is CCCCN(CC(=O)Nc1cc(C(C)(C)C)nn1-c1ccc(OC)cc1)C(=O)CCc1ccccc1. The molecule has 192 valence electrons. The van der Waals surface area contributed by atoms with E-state index in [2.05, 4.69) is 33.0 Å². The van der Waals surface area contributed by atoms with Gasteiger partial charge in [-0.25, -0.2) is 4.68 Å². The standard InChI is InChI=1S/C29H38N4O3/c1-6-7-19-32(28(35)18-13-22-11-9-8-10-12-22)21-27(34)30-26-20-25(29(2,3)4)31-33(26)23-14-16-24(36-5)17-15-23/h8-12,14-17,20H,6-7,13,18-19,21H2,1-5H3,(H,30,34). The minimum atomic E-state index is -0.241. The normalized spacial score (nSPS) is 11.2. The Morgan fingerprint density at radius 2 is 1.75 bits per heavy atom. The number of nitrogens with zero attached hydrogens (tertiary/aromatic N) is 3. The van der Waals surface area contributed by atoms with Gasteiger partial charge >= 0.3 is 0 Å². The van der Waals surface area contributed by atoms with Gasteiger partial charge in [0.1, 0.15) is 11.6 Å². The predicted molar refractivity (Wildman–Crippen MR) is 144 cm³/mol. The van der Waals surface area contributed by atoms with Gasteiger partial charge in [-0.3, -0.25) is 9.59 Å². The third kappa shape index (κ3) is 7.44. The topological polar surface area (TPSA) is 76.5 Å². The number of ether oxygens (including phenoxy) is 1. The highest BCUT2D eigenvalue weighted by atomic mass is 16.5. The van der Waals surface area contributed by atoms with E-state index in [4.69, 9.17) is 9.84 Å². The summed E-state index contributed by atoms with van der Waals surface area (Å²) in [6.45, 7) is 8.88. The van der Waals surface area contributed by atoms with Crippen molar-refractivity contribution >= 4 is 17.6 Å². The van der Waals surface area contributed by atoms with E-state index < -0.39 is 0 Å². The van der Waals surface area contributed by atoms with Crippen LogP contribution in [0.3, 0.4) is 0 Å². The van der Waals surface area contributed by atoms with Crippen molar-refractivity contribution in [2.24, 2.45) is 0 Å². The van der Waals surface area contributed by atoms with Crippen molar-refractivity contribution in [1.29, 1.82) is 0 Å². The van der Waals surface area contributed by atoms with E-state index >= 15 is 0 Å². The molecular weight excluding hydrogens is 452 g/mol. The average Bonchev–Trinajstić information content (AvgIpc) is 3.30. The van der Waals surface area contributed by atoms with Crippen LogP contribution in [0.5, 0.6) is 5.75 Å². The molecular formula is C29H38N4O3. The minimum absolute atomic E-state index is 0.00622. The van der Waals surface area contributed by atoms with Crippen LogP contribution in [-0.2, 0) is 21.4 Å². The quantitative estimate of drug-likeness (QED) is 0.392. The fraction of sp³-hybridized carbons (Fsp3) is 0.414. The Labute approximate surface area is 214 Å². The van der Waals surface area contributed by atoms with Crippen LogP contribution in [-0.4, -0.2) is 46.7 Å². The highest BCUT2D eigenvalue weighted by molar-refractivity contribution is 5.94. The zero-order valence-corrected chi connectivity index (χ0v) is 22.1. The second-order valence-electron chi connectivity index (χ2n) is 9.98. The summed E-state index contributed by atoms with van der Waals surface area (Å²) in [7, 11) is 1.62. The maximum atomic E-state index is 13.1. The zero-order chi connectivity index (χ0) is 26.1. The highest BCUT2D eigenvalue weighted by Gasteiger charge is 2.23. The van der Waals surface area contributed by atoms with Crippen molar-refractivity contribution in [2.45, 2.75) is 58.8 Å². The Hall–Kier alpha value is -3.61. The number of rotatable bonds is 11. The van der Waals surface area contributed by atoms with Gasteiger partial charge in [0.05, 0.1) is 25.0 Å². The lowest BCUT2D eigenvalue weighted by atomic mass is 9.92. The molecule has 0 aliphatic rings. The van der Waals surface area contributed by atoms with E-state index in [1.54, 1.807) is 16.7 Å². The lowest BCUT2D eigenvalue weighted by Crippen LogP contribution is -2.39. The smallest absolute Gasteiger partial charge is 0.245 e. The van der Waals surface area contributed by atoms with Crippen molar-refractivity contribution in [1.82, 2.24) is 14.7 Å². The molecule has 0 unspecified atom stereocenters. The summed E-state index contributed by atoms with van der Waals surface area (Å²) in [6, 6.07) is 19.4. The molecule has 3 rings (SSSR count). The van der Waals surface area contributed by atoms with Crippen molar-refractivity contribution < 1.29 is 14.3 Å². The molecule has 0 atom stereocenters. The number of hydrogen-bond donors (Lipinski definition) is 1. The molecule has 2 aromatic carbocycles. The molecule has 1 heterocycles. The van der Waals surface area contributed by atoms with Crippen LogP contribution in [0.1, 0.15) is 58.2 Å². The van der Waals surface area contributed by atoms with Gasteiger partial charge in [0.2, 0.25) is 11.8 Å². The monoisotopic (exact) mass is 490 g/mol. The predicted octanol–water partition coefficient (Wildman–Crippen LogP) is 5.38. The summed E-state index contributed by atoms with van der Waals surface area (Å²) in [5.41, 5.74) is 2.58. The number of unbranched alkanes of at least 4 members (excludes halogenated alkanes) is 1. The summed E-state index contributed by atoms with van der Waals surface area (Å²) >= 11 is 0. The molecule has 0 spiro atoms. The van der Waals surface area contributed by atoms with Gasteiger partial charge in [-0.15, -0.1) is 0 Å². The molecule has 0 bridgehead atoms. The van der Waals surface area contributed by atoms with E-state index in [-0.39, 0.29) is 23.8 Å². The Kier molecular flexibility index (Phi) is 9.28. The molecule has 0 radical (unpaired) electrons. The summed E-state index contributed by atoms with van der Waals surface area (Å²) < 4.78 is 7.00. The first-order valence-corrected chi connectivity index (χ1v) is 12.6. The summed E-state index contributed by atoms with van der Waals surface area (Å²) in [5, 5.41) is 7.77. The molecule has 1 N–H and O–H groups in total. The van der Waals surface area contributed by atoms with Crippen LogP contribution in [0.4, 0.5) is 5.82 Å². The van der Waals surface area contributed by atoms with Crippen molar-refractivity contribution in [3.05, 3.63) is 71.9 Å². The third-order valence-electron chi connectivity index (χ3n) is 6.00. The van der Waals surface area contributed by atoms with Crippen LogP contribution < -0.4 is 10.1 Å².